The van der Waals surface area contributed by atoms with E-state index in [0.717, 1.165) is 45.1 Å². The molecule has 2 nitrogen and oxygen atoms in total. The van der Waals surface area contributed by atoms with E-state index in [1.54, 1.807) is 7.11 Å². The van der Waals surface area contributed by atoms with E-state index in [1.165, 1.54) is 55.6 Å². The van der Waals surface area contributed by atoms with Gasteiger partial charge >= 0.3 is 0 Å². The monoisotopic (exact) mass is 783 g/mol. The van der Waals surface area contributed by atoms with Crippen LogP contribution in [0.25, 0.3) is 44.5 Å². The SMILES string of the molecule is COc1cc(-c2ccc(N(c3ccc(-c4ccccc4)cc3)c3ccc4c(c3)-c3ccccc3C43c4ccccc4C(C)(C)c4ccccc43)cc2)ccc1-c1ccccc1. The Kier molecular flexibility index (Phi) is 8.65. The van der Waals surface area contributed by atoms with Crippen molar-refractivity contribution in [1.29, 1.82) is 0 Å². The van der Waals surface area contributed by atoms with Gasteiger partial charge in [0.05, 0.1) is 12.5 Å². The van der Waals surface area contributed by atoms with E-state index in [1.807, 2.05) is 6.07 Å². The lowest BCUT2D eigenvalue weighted by atomic mass is 9.55. The molecule has 1 spiro atoms. The van der Waals surface area contributed by atoms with Crippen molar-refractivity contribution in [2.75, 3.05) is 12.0 Å². The van der Waals surface area contributed by atoms with Gasteiger partial charge in [-0.15, -0.1) is 0 Å². The molecule has 0 saturated heterocycles. The summed E-state index contributed by atoms with van der Waals surface area (Å²) in [6, 6.07) is 80.0. The number of hydrogen-bond acceptors (Lipinski definition) is 2. The molecule has 0 aromatic heterocycles. The first kappa shape index (κ1) is 36.6. The van der Waals surface area contributed by atoms with E-state index < -0.39 is 5.41 Å². The average molecular weight is 784 g/mol. The van der Waals surface area contributed by atoms with Crippen LogP contribution in [0.1, 0.15) is 47.2 Å². The summed E-state index contributed by atoms with van der Waals surface area (Å²) in [6.07, 6.45) is 0. The predicted molar refractivity (Wildman–Crippen MR) is 253 cm³/mol. The van der Waals surface area contributed by atoms with Crippen LogP contribution in [-0.4, -0.2) is 7.11 Å². The number of anilines is 3. The second-order valence-corrected chi connectivity index (χ2v) is 16.8. The zero-order valence-corrected chi connectivity index (χ0v) is 34.6. The van der Waals surface area contributed by atoms with Crippen LogP contribution >= 0.6 is 0 Å². The van der Waals surface area contributed by atoms with Gasteiger partial charge in [0, 0.05) is 28.0 Å². The Morgan fingerprint density at radius 3 is 1.36 bits per heavy atom. The van der Waals surface area contributed by atoms with Gasteiger partial charge in [0.25, 0.3) is 0 Å². The van der Waals surface area contributed by atoms with E-state index in [0.29, 0.717) is 0 Å². The molecule has 2 heteroatoms. The molecule has 0 bridgehead atoms. The van der Waals surface area contributed by atoms with E-state index in [9.17, 15) is 0 Å². The summed E-state index contributed by atoms with van der Waals surface area (Å²) in [7, 11) is 1.75. The predicted octanol–water partition coefficient (Wildman–Crippen LogP) is 15.2. The minimum absolute atomic E-state index is 0.139. The van der Waals surface area contributed by atoms with Crippen molar-refractivity contribution in [2.24, 2.45) is 0 Å². The van der Waals surface area contributed by atoms with E-state index in [2.05, 4.69) is 231 Å². The third-order valence-corrected chi connectivity index (χ3v) is 13.3. The van der Waals surface area contributed by atoms with Gasteiger partial charge < -0.3 is 9.64 Å². The Bertz CT molecular complexity index is 3020. The standard InChI is InChI=1S/C59H45NO/c1-58(2)53-22-12-14-24-55(53)59(56-25-15-13-23-54(56)58)51-21-11-10-20-49(51)50-39-47(35-37-52(50)59)60(45-31-26-41(27-32-45)40-16-6-4-7-17-40)46-33-28-42(29-34-46)44-30-36-48(57(38-44)61-3)43-18-8-5-9-19-43/h4-39H,1-3H3. The normalized spacial score (nSPS) is 13.8. The highest BCUT2D eigenvalue weighted by atomic mass is 16.5. The maximum atomic E-state index is 5.93. The van der Waals surface area contributed by atoms with E-state index in [4.69, 9.17) is 4.74 Å². The average Bonchev–Trinajstić information content (AvgIpc) is 3.62. The number of fused-ring (bicyclic) bond motifs is 9. The lowest BCUT2D eigenvalue weighted by Crippen LogP contribution is -2.40. The summed E-state index contributed by atoms with van der Waals surface area (Å²) in [5.74, 6) is 0.857. The Labute approximate surface area is 359 Å². The third-order valence-electron chi connectivity index (χ3n) is 13.3. The summed E-state index contributed by atoms with van der Waals surface area (Å²) in [5.41, 5.74) is 20.3. The highest BCUT2D eigenvalue weighted by molar-refractivity contribution is 5.92. The van der Waals surface area contributed by atoms with Crippen LogP contribution in [0.2, 0.25) is 0 Å². The highest BCUT2D eigenvalue weighted by Crippen LogP contribution is 2.62. The van der Waals surface area contributed by atoms with Crippen LogP contribution in [0.15, 0.2) is 218 Å². The first-order chi connectivity index (χ1) is 30.0. The molecule has 11 rings (SSSR count). The van der Waals surface area contributed by atoms with Crippen molar-refractivity contribution in [1.82, 2.24) is 0 Å². The van der Waals surface area contributed by atoms with Crippen LogP contribution < -0.4 is 9.64 Å². The molecule has 61 heavy (non-hydrogen) atoms. The Hall–Kier alpha value is -7.42. The van der Waals surface area contributed by atoms with Gasteiger partial charge in [-0.05, 0) is 115 Å². The molecule has 9 aromatic rings. The Balaban J connectivity index is 1.07. The maximum Gasteiger partial charge on any atom is 0.127 e. The molecule has 0 radical (unpaired) electrons. The molecular formula is C59H45NO. The molecular weight excluding hydrogens is 739 g/mol. The van der Waals surface area contributed by atoms with Crippen molar-refractivity contribution in [3.8, 4) is 50.3 Å². The van der Waals surface area contributed by atoms with Crippen LogP contribution in [0.3, 0.4) is 0 Å². The topological polar surface area (TPSA) is 12.5 Å². The number of ether oxygens (including phenoxy) is 1. The minimum Gasteiger partial charge on any atom is -0.496 e. The number of nitrogens with zero attached hydrogens (tertiary/aromatic N) is 1. The molecule has 0 atom stereocenters. The van der Waals surface area contributed by atoms with Crippen molar-refractivity contribution >= 4 is 17.1 Å². The molecule has 0 amide bonds. The molecule has 0 fully saturated rings. The number of hydrogen-bond donors (Lipinski definition) is 0. The molecule has 2 aliphatic rings. The third kappa shape index (κ3) is 5.70. The zero-order chi connectivity index (χ0) is 41.1. The fourth-order valence-corrected chi connectivity index (χ4v) is 10.4. The van der Waals surface area contributed by atoms with Gasteiger partial charge in [0.15, 0.2) is 0 Å². The second-order valence-electron chi connectivity index (χ2n) is 16.8. The zero-order valence-electron chi connectivity index (χ0n) is 34.6. The number of methoxy groups -OCH3 is 1. The first-order valence-corrected chi connectivity index (χ1v) is 21.2. The molecule has 0 saturated carbocycles. The van der Waals surface area contributed by atoms with Crippen LogP contribution in [-0.2, 0) is 10.8 Å². The molecule has 292 valence electrons. The summed E-state index contributed by atoms with van der Waals surface area (Å²) in [5, 5.41) is 0. The van der Waals surface area contributed by atoms with Gasteiger partial charge in [-0.25, -0.2) is 0 Å². The summed E-state index contributed by atoms with van der Waals surface area (Å²) in [6.45, 7) is 4.76. The molecule has 0 N–H and O–H groups in total. The molecule has 0 unspecified atom stereocenters. The molecule has 0 heterocycles. The largest absolute Gasteiger partial charge is 0.496 e. The smallest absolute Gasteiger partial charge is 0.127 e. The highest BCUT2D eigenvalue weighted by Gasteiger charge is 2.53. The van der Waals surface area contributed by atoms with Crippen LogP contribution in [0, 0.1) is 0 Å². The second kappa shape index (κ2) is 14.4. The van der Waals surface area contributed by atoms with Gasteiger partial charge in [-0.1, -0.05) is 190 Å². The van der Waals surface area contributed by atoms with Crippen molar-refractivity contribution in [2.45, 2.75) is 24.7 Å². The van der Waals surface area contributed by atoms with Crippen molar-refractivity contribution in [3.05, 3.63) is 252 Å². The van der Waals surface area contributed by atoms with Gasteiger partial charge in [-0.3, -0.25) is 0 Å². The lowest BCUT2D eigenvalue weighted by Gasteiger charge is -2.46. The fourth-order valence-electron chi connectivity index (χ4n) is 10.4. The summed E-state index contributed by atoms with van der Waals surface area (Å²) in [4.78, 5) is 2.40. The van der Waals surface area contributed by atoms with E-state index in [-0.39, 0.29) is 5.41 Å². The summed E-state index contributed by atoms with van der Waals surface area (Å²) < 4.78 is 5.93. The Morgan fingerprint density at radius 1 is 0.328 bits per heavy atom. The van der Waals surface area contributed by atoms with Crippen molar-refractivity contribution < 1.29 is 4.74 Å². The summed E-state index contributed by atoms with van der Waals surface area (Å²) >= 11 is 0. The van der Waals surface area contributed by atoms with Crippen LogP contribution in [0.5, 0.6) is 5.75 Å². The molecule has 0 aliphatic heterocycles. The quantitative estimate of drug-likeness (QED) is 0.160. The van der Waals surface area contributed by atoms with Gasteiger partial charge in [-0.2, -0.15) is 0 Å². The minimum atomic E-state index is -0.436. The maximum absolute atomic E-state index is 5.93. The first-order valence-electron chi connectivity index (χ1n) is 21.2. The fraction of sp³-hybridized carbons (Fsp3) is 0.0847. The van der Waals surface area contributed by atoms with Gasteiger partial charge in [0.1, 0.15) is 5.75 Å². The van der Waals surface area contributed by atoms with Gasteiger partial charge in [0.2, 0.25) is 0 Å². The van der Waals surface area contributed by atoms with Crippen LogP contribution in [0.4, 0.5) is 17.1 Å². The lowest BCUT2D eigenvalue weighted by molar-refractivity contribution is 0.416. The Morgan fingerprint density at radius 2 is 0.770 bits per heavy atom. The molecule has 2 aliphatic carbocycles. The van der Waals surface area contributed by atoms with Crippen molar-refractivity contribution in [3.63, 3.8) is 0 Å². The molecule has 9 aromatic carbocycles. The number of rotatable bonds is 7. The van der Waals surface area contributed by atoms with E-state index >= 15 is 0 Å². The number of benzene rings is 9.